The maximum Gasteiger partial charge on any atom is 0.336 e. The number of rotatable bonds is 8. The van der Waals surface area contributed by atoms with E-state index in [9.17, 15) is 24.6 Å². The van der Waals surface area contributed by atoms with Gasteiger partial charge >= 0.3 is 11.9 Å². The molecular formula is C32H29ClN2O5. The molecule has 0 saturated heterocycles. The Balaban J connectivity index is 1.36. The van der Waals surface area contributed by atoms with Gasteiger partial charge < -0.3 is 15.5 Å². The monoisotopic (exact) mass is 556 g/mol. The molecular weight excluding hydrogens is 528 g/mol. The number of nitrogens with one attached hydrogen (secondary N) is 1. The van der Waals surface area contributed by atoms with E-state index in [0.717, 1.165) is 43.2 Å². The van der Waals surface area contributed by atoms with Crippen molar-refractivity contribution in [3.05, 3.63) is 88.9 Å². The third kappa shape index (κ3) is 5.84. The number of aromatic nitrogens is 1. The quantitative estimate of drug-likeness (QED) is 0.217. The number of carboxylic acid groups (broad SMARTS) is 2. The first-order valence-corrected chi connectivity index (χ1v) is 13.7. The van der Waals surface area contributed by atoms with Gasteiger partial charge in [0.15, 0.2) is 0 Å². The lowest BCUT2D eigenvalue weighted by Crippen LogP contribution is -2.37. The highest BCUT2D eigenvalue weighted by Crippen LogP contribution is 2.33. The van der Waals surface area contributed by atoms with Gasteiger partial charge in [-0.25, -0.2) is 9.78 Å². The molecule has 0 spiro atoms. The van der Waals surface area contributed by atoms with Crippen LogP contribution < -0.4 is 5.32 Å². The predicted octanol–water partition coefficient (Wildman–Crippen LogP) is 6.93. The molecule has 3 N–H and O–H groups in total. The number of pyridine rings is 1. The van der Waals surface area contributed by atoms with E-state index in [1.165, 1.54) is 0 Å². The highest BCUT2D eigenvalue weighted by atomic mass is 35.5. The lowest BCUT2D eigenvalue weighted by Gasteiger charge is -2.27. The Morgan fingerprint density at radius 1 is 0.900 bits per heavy atom. The van der Waals surface area contributed by atoms with Gasteiger partial charge in [0, 0.05) is 33.6 Å². The number of carbonyl (C=O) groups is 3. The summed E-state index contributed by atoms with van der Waals surface area (Å²) in [5.74, 6) is -2.77. The van der Waals surface area contributed by atoms with Crippen LogP contribution in [0.2, 0.25) is 5.02 Å². The van der Waals surface area contributed by atoms with Crippen molar-refractivity contribution < 1.29 is 24.6 Å². The number of benzene rings is 3. The normalized spacial score (nSPS) is 14.5. The number of halogens is 1. The molecule has 1 aliphatic rings. The molecule has 8 heteroatoms. The first-order chi connectivity index (χ1) is 19.3. The minimum absolute atomic E-state index is 0.0783. The second-order valence-electron chi connectivity index (χ2n) is 10.2. The molecule has 1 amide bonds. The van der Waals surface area contributed by atoms with E-state index >= 15 is 0 Å². The number of nitrogens with zero attached hydrogens (tertiary/aromatic N) is 1. The highest BCUT2D eigenvalue weighted by molar-refractivity contribution is 6.33. The number of carbonyl (C=O) groups excluding carboxylic acids is 1. The van der Waals surface area contributed by atoms with Gasteiger partial charge in [0.2, 0.25) is 0 Å². The largest absolute Gasteiger partial charge is 0.481 e. The molecule has 5 rings (SSSR count). The lowest BCUT2D eigenvalue weighted by molar-refractivity contribution is -0.143. The van der Waals surface area contributed by atoms with Crippen LogP contribution in [0.15, 0.2) is 72.8 Å². The van der Waals surface area contributed by atoms with Crippen LogP contribution in [-0.2, 0) is 4.79 Å². The topological polar surface area (TPSA) is 117 Å². The van der Waals surface area contributed by atoms with E-state index in [1.807, 2.05) is 30.3 Å². The van der Waals surface area contributed by atoms with Crippen LogP contribution in [0, 0.1) is 11.8 Å². The van der Waals surface area contributed by atoms with Crippen LogP contribution in [0.1, 0.15) is 52.8 Å². The van der Waals surface area contributed by atoms with E-state index in [1.54, 1.807) is 42.5 Å². The Kier molecular flexibility index (Phi) is 8.12. The number of carboxylic acids is 2. The number of para-hydroxylation sites is 1. The standard InChI is InChI=1S/C32H29ClN2O5/c33-27-15-14-22(30(36)34-18-26(32(39)40)19-6-2-1-3-7-19)16-24(27)20-10-12-21(13-11-20)29-17-25(31(37)38)23-8-4-5-9-28(23)35-29/h4-5,8-17,19,26H,1-3,6-7,18H2,(H,34,36)(H,37,38)(H,39,40). The lowest BCUT2D eigenvalue weighted by atomic mass is 9.80. The van der Waals surface area contributed by atoms with Gasteiger partial charge in [-0.2, -0.15) is 0 Å². The van der Waals surface area contributed by atoms with Crippen LogP contribution in [0.5, 0.6) is 0 Å². The summed E-state index contributed by atoms with van der Waals surface area (Å²) >= 11 is 6.50. The number of aliphatic carboxylic acids is 1. The fourth-order valence-electron chi connectivity index (χ4n) is 5.51. The Hall–Kier alpha value is -4.23. The fourth-order valence-corrected chi connectivity index (χ4v) is 5.73. The smallest absolute Gasteiger partial charge is 0.336 e. The highest BCUT2D eigenvalue weighted by Gasteiger charge is 2.29. The average molecular weight is 557 g/mol. The molecule has 0 aliphatic heterocycles. The van der Waals surface area contributed by atoms with Crippen molar-refractivity contribution >= 4 is 40.3 Å². The van der Waals surface area contributed by atoms with E-state index in [2.05, 4.69) is 10.3 Å². The number of aromatic carboxylic acids is 1. The zero-order valence-corrected chi connectivity index (χ0v) is 22.5. The van der Waals surface area contributed by atoms with Crippen molar-refractivity contribution in [1.82, 2.24) is 10.3 Å². The van der Waals surface area contributed by atoms with Crippen molar-refractivity contribution in [3.63, 3.8) is 0 Å². The first-order valence-electron chi connectivity index (χ1n) is 13.4. The second-order valence-corrected chi connectivity index (χ2v) is 10.6. The predicted molar refractivity (Wildman–Crippen MR) is 155 cm³/mol. The fraction of sp³-hybridized carbons (Fsp3) is 0.250. The molecule has 1 aliphatic carbocycles. The molecule has 204 valence electrons. The Morgan fingerprint density at radius 3 is 2.30 bits per heavy atom. The van der Waals surface area contributed by atoms with Crippen molar-refractivity contribution in [3.8, 4) is 22.4 Å². The Labute approximate surface area is 236 Å². The molecule has 1 heterocycles. The summed E-state index contributed by atoms with van der Waals surface area (Å²) in [6, 6.07) is 21.0. The molecule has 1 unspecified atom stereocenters. The Bertz CT molecular complexity index is 1580. The van der Waals surface area contributed by atoms with E-state index in [4.69, 9.17) is 11.6 Å². The van der Waals surface area contributed by atoms with Gasteiger partial charge in [0.05, 0.1) is 22.7 Å². The summed E-state index contributed by atoms with van der Waals surface area (Å²) in [5.41, 5.74) is 3.86. The maximum atomic E-state index is 13.0. The van der Waals surface area contributed by atoms with Gasteiger partial charge in [-0.05, 0) is 54.7 Å². The molecule has 1 saturated carbocycles. The van der Waals surface area contributed by atoms with Gasteiger partial charge in [0.1, 0.15) is 0 Å². The van der Waals surface area contributed by atoms with Crippen LogP contribution in [0.25, 0.3) is 33.3 Å². The molecule has 0 radical (unpaired) electrons. The summed E-state index contributed by atoms with van der Waals surface area (Å²) in [7, 11) is 0. The molecule has 1 atom stereocenters. The van der Waals surface area contributed by atoms with E-state index < -0.39 is 17.9 Å². The molecule has 40 heavy (non-hydrogen) atoms. The van der Waals surface area contributed by atoms with E-state index in [0.29, 0.717) is 32.7 Å². The Morgan fingerprint density at radius 2 is 1.60 bits per heavy atom. The van der Waals surface area contributed by atoms with E-state index in [-0.39, 0.29) is 23.9 Å². The summed E-state index contributed by atoms with van der Waals surface area (Å²) in [6.45, 7) is 0.0859. The number of amides is 1. The van der Waals surface area contributed by atoms with Crippen molar-refractivity contribution in [2.75, 3.05) is 6.54 Å². The average Bonchev–Trinajstić information content (AvgIpc) is 2.97. The SMILES string of the molecule is O=C(NCC(C(=O)O)C1CCCCC1)c1ccc(Cl)c(-c2ccc(-c3cc(C(=O)O)c4ccccc4n3)cc2)c1. The van der Waals surface area contributed by atoms with Crippen LogP contribution in [0.3, 0.4) is 0 Å². The molecule has 0 bridgehead atoms. The van der Waals surface area contributed by atoms with Gasteiger partial charge in [-0.15, -0.1) is 0 Å². The summed E-state index contributed by atoms with van der Waals surface area (Å²) < 4.78 is 0. The number of hydrogen-bond acceptors (Lipinski definition) is 4. The first kappa shape index (κ1) is 27.3. The maximum absolute atomic E-state index is 13.0. The van der Waals surface area contributed by atoms with Crippen molar-refractivity contribution in [1.29, 1.82) is 0 Å². The molecule has 3 aromatic carbocycles. The number of hydrogen-bond donors (Lipinski definition) is 3. The van der Waals surface area contributed by atoms with Crippen molar-refractivity contribution in [2.24, 2.45) is 11.8 Å². The molecule has 1 aromatic heterocycles. The van der Waals surface area contributed by atoms with Gasteiger partial charge in [-0.3, -0.25) is 9.59 Å². The minimum Gasteiger partial charge on any atom is -0.481 e. The third-order valence-electron chi connectivity index (χ3n) is 7.69. The van der Waals surface area contributed by atoms with Gasteiger partial charge in [0.25, 0.3) is 5.91 Å². The third-order valence-corrected chi connectivity index (χ3v) is 8.01. The number of fused-ring (bicyclic) bond motifs is 1. The summed E-state index contributed by atoms with van der Waals surface area (Å²) in [4.78, 5) is 41.4. The molecule has 1 fully saturated rings. The van der Waals surface area contributed by atoms with Crippen LogP contribution in [-0.4, -0.2) is 39.6 Å². The second kappa shape index (κ2) is 11.9. The zero-order valence-electron chi connectivity index (χ0n) is 21.8. The van der Waals surface area contributed by atoms with Crippen LogP contribution >= 0.6 is 11.6 Å². The zero-order chi connectivity index (χ0) is 28.2. The summed E-state index contributed by atoms with van der Waals surface area (Å²) in [5, 5.41) is 23.3. The molecule has 7 nitrogen and oxygen atoms in total. The minimum atomic E-state index is -1.02. The van der Waals surface area contributed by atoms with Gasteiger partial charge in [-0.1, -0.05) is 73.3 Å². The van der Waals surface area contributed by atoms with Crippen LogP contribution in [0.4, 0.5) is 0 Å². The summed E-state index contributed by atoms with van der Waals surface area (Å²) in [6.07, 6.45) is 4.94. The molecule has 4 aromatic rings. The van der Waals surface area contributed by atoms with Crippen molar-refractivity contribution in [2.45, 2.75) is 32.1 Å².